The second-order valence-corrected chi connectivity index (χ2v) is 5.53. The molecule has 0 aromatic heterocycles. The van der Waals surface area contributed by atoms with Crippen LogP contribution in [0.1, 0.15) is 30.9 Å². The lowest BCUT2D eigenvalue weighted by Crippen LogP contribution is -1.99. The molecule has 2 N–H and O–H groups in total. The van der Waals surface area contributed by atoms with Gasteiger partial charge >= 0.3 is 0 Å². The van der Waals surface area contributed by atoms with Gasteiger partial charge in [0, 0.05) is 29.6 Å². The van der Waals surface area contributed by atoms with Gasteiger partial charge in [-0.25, -0.2) is 0 Å². The van der Waals surface area contributed by atoms with Crippen molar-refractivity contribution in [1.29, 1.82) is 0 Å². The number of thioether (sulfide) groups is 1. The van der Waals surface area contributed by atoms with Gasteiger partial charge in [-0.2, -0.15) is 11.8 Å². The molecule has 1 aromatic carbocycles. The number of hydrogen-bond donors (Lipinski definition) is 2. The van der Waals surface area contributed by atoms with Crippen molar-refractivity contribution in [3.8, 4) is 11.8 Å². The predicted molar refractivity (Wildman–Crippen MR) is 77.5 cm³/mol. The van der Waals surface area contributed by atoms with E-state index < -0.39 is 0 Å². The molecule has 0 aliphatic rings. The van der Waals surface area contributed by atoms with Gasteiger partial charge in [0.15, 0.2) is 0 Å². The van der Waals surface area contributed by atoms with Gasteiger partial charge < -0.3 is 10.2 Å². The molecule has 0 bridgehead atoms. The third-order valence-corrected chi connectivity index (χ3v) is 3.80. The van der Waals surface area contributed by atoms with Gasteiger partial charge in [0.2, 0.25) is 0 Å². The molecule has 2 nitrogen and oxygen atoms in total. The van der Waals surface area contributed by atoms with Gasteiger partial charge in [0.1, 0.15) is 0 Å². The molecular formula is C15H20O2S. The molecule has 0 saturated carbocycles. The quantitative estimate of drug-likeness (QED) is 0.775. The Balaban J connectivity index is 2.43. The Kier molecular flexibility index (Phi) is 7.59. The van der Waals surface area contributed by atoms with Crippen molar-refractivity contribution >= 4 is 11.8 Å². The van der Waals surface area contributed by atoms with E-state index in [2.05, 4.69) is 30.9 Å². The predicted octanol–water partition coefficient (Wildman–Crippen LogP) is 2.42. The van der Waals surface area contributed by atoms with E-state index in [0.717, 1.165) is 17.7 Å². The summed E-state index contributed by atoms with van der Waals surface area (Å²) in [4.78, 5) is 0. The lowest BCUT2D eigenvalue weighted by Gasteiger charge is -2.09. The van der Waals surface area contributed by atoms with Crippen LogP contribution < -0.4 is 0 Å². The lowest BCUT2D eigenvalue weighted by molar-refractivity contribution is 0.289. The zero-order chi connectivity index (χ0) is 13.2. The monoisotopic (exact) mass is 264 g/mol. The molecule has 1 atom stereocenters. The fourth-order valence-electron chi connectivity index (χ4n) is 1.41. The normalized spacial score (nSPS) is 11.7. The minimum atomic E-state index is 0.116. The van der Waals surface area contributed by atoms with Crippen molar-refractivity contribution in [3.05, 3.63) is 35.4 Å². The average Bonchev–Trinajstić information content (AvgIpc) is 2.38. The average molecular weight is 264 g/mol. The summed E-state index contributed by atoms with van der Waals surface area (Å²) in [5.41, 5.74) is 2.26. The summed E-state index contributed by atoms with van der Waals surface area (Å²) in [5, 5.41) is 17.9. The first-order valence-electron chi connectivity index (χ1n) is 6.17. The molecule has 0 spiro atoms. The van der Waals surface area contributed by atoms with Crippen LogP contribution in [0.5, 0.6) is 0 Å². The van der Waals surface area contributed by atoms with Crippen LogP contribution in [0.3, 0.4) is 0 Å². The highest BCUT2D eigenvalue weighted by atomic mass is 32.2. The second kappa shape index (κ2) is 9.04. The fourth-order valence-corrected chi connectivity index (χ4v) is 2.35. The van der Waals surface area contributed by atoms with Crippen molar-refractivity contribution in [3.63, 3.8) is 0 Å². The minimum absolute atomic E-state index is 0.116. The summed E-state index contributed by atoms with van der Waals surface area (Å²) in [6.07, 6.45) is 1.37. The van der Waals surface area contributed by atoms with Crippen molar-refractivity contribution in [2.45, 2.75) is 30.8 Å². The summed E-state index contributed by atoms with van der Waals surface area (Å²) >= 11 is 1.85. The van der Waals surface area contributed by atoms with Crippen molar-refractivity contribution in [1.82, 2.24) is 0 Å². The maximum absolute atomic E-state index is 8.83. The number of aliphatic hydroxyl groups is 2. The highest BCUT2D eigenvalue weighted by molar-refractivity contribution is 7.99. The smallest absolute Gasteiger partial charge is 0.0540 e. The Morgan fingerprint density at radius 2 is 1.89 bits per heavy atom. The Bertz CT molecular complexity index is 389. The first kappa shape index (κ1) is 15.1. The van der Waals surface area contributed by atoms with E-state index in [0.29, 0.717) is 11.7 Å². The molecule has 1 rings (SSSR count). The topological polar surface area (TPSA) is 40.5 Å². The van der Waals surface area contributed by atoms with Gasteiger partial charge in [-0.1, -0.05) is 30.9 Å². The third kappa shape index (κ3) is 6.11. The third-order valence-electron chi connectivity index (χ3n) is 2.49. The van der Waals surface area contributed by atoms with Crippen LogP contribution in [0.4, 0.5) is 0 Å². The first-order valence-corrected chi connectivity index (χ1v) is 7.22. The van der Waals surface area contributed by atoms with E-state index in [1.807, 2.05) is 23.9 Å². The van der Waals surface area contributed by atoms with Crippen LogP contribution in [0, 0.1) is 11.8 Å². The Morgan fingerprint density at radius 1 is 1.17 bits per heavy atom. The molecule has 0 aliphatic carbocycles. The number of rotatable bonds is 6. The molecule has 0 heterocycles. The summed E-state index contributed by atoms with van der Waals surface area (Å²) in [6, 6.07) is 8.19. The summed E-state index contributed by atoms with van der Waals surface area (Å²) in [5.74, 6) is 6.88. The Labute approximate surface area is 113 Å². The second-order valence-electron chi connectivity index (χ2n) is 4.11. The van der Waals surface area contributed by atoms with Crippen molar-refractivity contribution in [2.75, 3.05) is 13.2 Å². The van der Waals surface area contributed by atoms with Gasteiger partial charge in [0.25, 0.3) is 0 Å². The van der Waals surface area contributed by atoms with E-state index >= 15 is 0 Å². The molecule has 98 valence electrons. The highest BCUT2D eigenvalue weighted by Crippen LogP contribution is 2.19. The standard InChI is InChI=1S/C15H20O2S/c1-13(9-11-17)18-12-15-7-5-14(6-8-15)4-2-3-10-16/h5-8,13,16-17H,3,9-12H2,1H3. The van der Waals surface area contributed by atoms with Gasteiger partial charge in [0.05, 0.1) is 6.61 Å². The number of hydrogen-bond acceptors (Lipinski definition) is 3. The van der Waals surface area contributed by atoms with E-state index in [-0.39, 0.29) is 13.2 Å². The van der Waals surface area contributed by atoms with Gasteiger partial charge in [-0.05, 0) is 24.1 Å². The molecule has 1 aromatic rings. The fraction of sp³-hybridized carbons (Fsp3) is 0.467. The van der Waals surface area contributed by atoms with E-state index in [1.165, 1.54) is 5.56 Å². The molecule has 0 radical (unpaired) electrons. The van der Waals surface area contributed by atoms with Gasteiger partial charge in [-0.15, -0.1) is 0 Å². The molecule has 1 unspecified atom stereocenters. The van der Waals surface area contributed by atoms with Crippen LogP contribution >= 0.6 is 11.8 Å². The largest absolute Gasteiger partial charge is 0.396 e. The van der Waals surface area contributed by atoms with Crippen LogP contribution in [0.2, 0.25) is 0 Å². The Morgan fingerprint density at radius 3 is 2.50 bits per heavy atom. The maximum Gasteiger partial charge on any atom is 0.0540 e. The summed E-state index contributed by atoms with van der Waals surface area (Å²) < 4.78 is 0. The minimum Gasteiger partial charge on any atom is -0.396 e. The first-order chi connectivity index (χ1) is 8.76. The molecule has 0 amide bonds. The van der Waals surface area contributed by atoms with E-state index in [9.17, 15) is 0 Å². The van der Waals surface area contributed by atoms with Crippen molar-refractivity contribution in [2.24, 2.45) is 0 Å². The van der Waals surface area contributed by atoms with E-state index in [1.54, 1.807) is 0 Å². The zero-order valence-corrected chi connectivity index (χ0v) is 11.5. The van der Waals surface area contributed by atoms with Gasteiger partial charge in [-0.3, -0.25) is 0 Å². The number of aliphatic hydroxyl groups excluding tert-OH is 2. The molecule has 0 saturated heterocycles. The zero-order valence-electron chi connectivity index (χ0n) is 10.7. The maximum atomic E-state index is 8.83. The molecular weight excluding hydrogens is 244 g/mol. The molecule has 0 aliphatic heterocycles. The van der Waals surface area contributed by atoms with Crippen LogP contribution in [-0.2, 0) is 5.75 Å². The lowest BCUT2D eigenvalue weighted by atomic mass is 10.1. The molecule has 18 heavy (non-hydrogen) atoms. The molecule has 3 heteroatoms. The number of benzene rings is 1. The Hall–Kier alpha value is -0.950. The molecule has 0 fully saturated rings. The van der Waals surface area contributed by atoms with Crippen molar-refractivity contribution < 1.29 is 10.2 Å². The van der Waals surface area contributed by atoms with Crippen LogP contribution in [0.25, 0.3) is 0 Å². The van der Waals surface area contributed by atoms with Crippen LogP contribution in [-0.4, -0.2) is 28.7 Å². The summed E-state index contributed by atoms with van der Waals surface area (Å²) in [6.45, 7) is 2.51. The highest BCUT2D eigenvalue weighted by Gasteiger charge is 2.02. The summed E-state index contributed by atoms with van der Waals surface area (Å²) in [7, 11) is 0. The van der Waals surface area contributed by atoms with Crippen LogP contribution in [0.15, 0.2) is 24.3 Å². The SMILES string of the molecule is CC(CCO)SCc1ccc(C#CCCO)cc1. The van der Waals surface area contributed by atoms with E-state index in [4.69, 9.17) is 10.2 Å².